The van der Waals surface area contributed by atoms with Crippen molar-refractivity contribution in [3.8, 4) is 0 Å². The van der Waals surface area contributed by atoms with Gasteiger partial charge >= 0.3 is 12.0 Å². The number of hydrogen-bond donors (Lipinski definition) is 3. The first-order valence-corrected chi connectivity index (χ1v) is 7.62. The summed E-state index contributed by atoms with van der Waals surface area (Å²) in [5.41, 5.74) is 0. The Morgan fingerprint density at radius 1 is 1.33 bits per heavy atom. The molecule has 7 heteroatoms. The maximum Gasteiger partial charge on any atom is 0.326 e. The Bertz CT molecular complexity index is 297. The molecule has 0 spiro atoms. The number of amides is 2. The monoisotopic (exact) mass is 278 g/mol. The van der Waals surface area contributed by atoms with Crippen LogP contribution in [0.4, 0.5) is 4.79 Å². The topological polar surface area (TPSA) is 95.5 Å². The van der Waals surface area contributed by atoms with Crippen molar-refractivity contribution < 1.29 is 18.9 Å². The molecule has 1 unspecified atom stereocenters. The van der Waals surface area contributed by atoms with Crippen molar-refractivity contribution >= 4 is 22.8 Å². The van der Waals surface area contributed by atoms with Crippen molar-refractivity contribution in [1.29, 1.82) is 0 Å². The number of aliphatic carboxylic acids is 1. The molecule has 0 saturated carbocycles. The normalized spacial score (nSPS) is 13.7. The third-order valence-electron chi connectivity index (χ3n) is 2.39. The van der Waals surface area contributed by atoms with Crippen molar-refractivity contribution in [2.24, 2.45) is 0 Å². The standard InChI is InChI=1S/C11H22N2O4S/c1-3-5-6-9(10(14)15)13-11(16)12-7-8-18(17)4-2/h9H,3-8H2,1-2H3,(H,14,15)(H2,12,13,16)/t9-,18?/m0/s1. The Morgan fingerprint density at radius 2 is 2.00 bits per heavy atom. The van der Waals surface area contributed by atoms with E-state index in [1.165, 1.54) is 0 Å². The summed E-state index contributed by atoms with van der Waals surface area (Å²) in [7, 11) is -0.929. The quantitative estimate of drug-likeness (QED) is 0.578. The number of nitrogens with one attached hydrogen (secondary N) is 2. The molecule has 18 heavy (non-hydrogen) atoms. The van der Waals surface area contributed by atoms with Gasteiger partial charge in [-0.1, -0.05) is 26.7 Å². The summed E-state index contributed by atoms with van der Waals surface area (Å²) in [5, 5.41) is 13.8. The lowest BCUT2D eigenvalue weighted by Crippen LogP contribution is -2.46. The first-order chi connectivity index (χ1) is 8.51. The van der Waals surface area contributed by atoms with E-state index in [9.17, 15) is 13.8 Å². The van der Waals surface area contributed by atoms with Crippen molar-refractivity contribution in [3.05, 3.63) is 0 Å². The zero-order valence-corrected chi connectivity index (χ0v) is 11.7. The molecule has 2 atom stereocenters. The van der Waals surface area contributed by atoms with Crippen LogP contribution in [0.25, 0.3) is 0 Å². The number of rotatable bonds is 9. The summed E-state index contributed by atoms with van der Waals surface area (Å²) in [6.45, 7) is 4.05. The van der Waals surface area contributed by atoms with Crippen LogP contribution in [0.3, 0.4) is 0 Å². The fourth-order valence-corrected chi connectivity index (χ4v) is 1.92. The lowest BCUT2D eigenvalue weighted by Gasteiger charge is -2.14. The van der Waals surface area contributed by atoms with Gasteiger partial charge in [-0.3, -0.25) is 4.21 Å². The van der Waals surface area contributed by atoms with Crippen molar-refractivity contribution in [1.82, 2.24) is 10.6 Å². The van der Waals surface area contributed by atoms with Crippen LogP contribution in [0, 0.1) is 0 Å². The van der Waals surface area contributed by atoms with Gasteiger partial charge in [0.15, 0.2) is 0 Å². The average Bonchev–Trinajstić information content (AvgIpc) is 2.33. The molecule has 3 N–H and O–H groups in total. The lowest BCUT2D eigenvalue weighted by molar-refractivity contribution is -0.139. The summed E-state index contributed by atoms with van der Waals surface area (Å²) in [6, 6.07) is -1.38. The predicted molar refractivity (Wildman–Crippen MR) is 71.0 cm³/mol. The number of carbonyl (C=O) groups excluding carboxylic acids is 1. The minimum atomic E-state index is -1.03. The largest absolute Gasteiger partial charge is 0.480 e. The van der Waals surface area contributed by atoms with Crippen molar-refractivity contribution in [3.63, 3.8) is 0 Å². The molecule has 0 saturated heterocycles. The molecule has 0 rings (SSSR count). The Morgan fingerprint density at radius 3 is 2.50 bits per heavy atom. The van der Waals surface area contributed by atoms with Gasteiger partial charge in [0.2, 0.25) is 0 Å². The number of carbonyl (C=O) groups is 2. The third kappa shape index (κ3) is 8.05. The van der Waals surface area contributed by atoms with Gasteiger partial charge in [-0.15, -0.1) is 0 Å². The van der Waals surface area contributed by atoms with Gasteiger partial charge in [0.1, 0.15) is 6.04 Å². The Labute approximate surface area is 110 Å². The molecule has 0 aliphatic carbocycles. The fraction of sp³-hybridized carbons (Fsp3) is 0.818. The predicted octanol–water partition coefficient (Wildman–Crippen LogP) is 0.698. The summed E-state index contributed by atoms with van der Waals surface area (Å²) in [6.07, 6.45) is 2.04. The molecule has 0 heterocycles. The van der Waals surface area contributed by atoms with E-state index < -0.39 is 28.8 Å². The highest BCUT2D eigenvalue weighted by Gasteiger charge is 2.18. The molecular formula is C11H22N2O4S. The second kappa shape index (κ2) is 9.87. The minimum absolute atomic E-state index is 0.284. The molecule has 0 aromatic heterocycles. The molecule has 0 bridgehead atoms. The summed E-state index contributed by atoms with van der Waals surface area (Å²) in [4.78, 5) is 22.3. The highest BCUT2D eigenvalue weighted by atomic mass is 32.2. The highest BCUT2D eigenvalue weighted by Crippen LogP contribution is 2.00. The maximum atomic E-state index is 11.4. The second-order valence-electron chi connectivity index (χ2n) is 3.87. The summed E-state index contributed by atoms with van der Waals surface area (Å²) >= 11 is 0. The lowest BCUT2D eigenvalue weighted by atomic mass is 10.1. The molecule has 0 aliphatic heterocycles. The van der Waals surface area contributed by atoms with E-state index in [1.54, 1.807) is 6.92 Å². The first-order valence-electron chi connectivity index (χ1n) is 6.13. The third-order valence-corrected chi connectivity index (χ3v) is 3.69. The molecule has 0 aromatic rings. The van der Waals surface area contributed by atoms with Crippen LogP contribution in [0.5, 0.6) is 0 Å². The second-order valence-corrected chi connectivity index (χ2v) is 5.73. The maximum absolute atomic E-state index is 11.4. The van der Waals surface area contributed by atoms with E-state index >= 15 is 0 Å². The van der Waals surface area contributed by atoms with Crippen LogP contribution in [-0.4, -0.2) is 45.4 Å². The molecule has 6 nitrogen and oxygen atoms in total. The zero-order chi connectivity index (χ0) is 14.0. The van der Waals surface area contributed by atoms with Crippen LogP contribution in [-0.2, 0) is 15.6 Å². The van der Waals surface area contributed by atoms with E-state index in [-0.39, 0.29) is 6.54 Å². The molecule has 0 aliphatic rings. The Hall–Kier alpha value is -1.11. The average molecular weight is 278 g/mol. The van der Waals surface area contributed by atoms with E-state index in [0.29, 0.717) is 17.9 Å². The van der Waals surface area contributed by atoms with Crippen molar-refractivity contribution in [2.75, 3.05) is 18.1 Å². The Balaban J connectivity index is 3.94. The van der Waals surface area contributed by atoms with Gasteiger partial charge in [-0.25, -0.2) is 9.59 Å². The van der Waals surface area contributed by atoms with Gasteiger partial charge < -0.3 is 15.7 Å². The molecule has 0 radical (unpaired) electrons. The first kappa shape index (κ1) is 16.9. The number of carboxylic acids is 1. The number of urea groups is 1. The molecular weight excluding hydrogens is 256 g/mol. The van der Waals surface area contributed by atoms with Gasteiger partial charge in [0, 0.05) is 28.9 Å². The summed E-state index contributed by atoms with van der Waals surface area (Å²) < 4.78 is 11.1. The van der Waals surface area contributed by atoms with Gasteiger partial charge in [-0.2, -0.15) is 0 Å². The minimum Gasteiger partial charge on any atom is -0.480 e. The smallest absolute Gasteiger partial charge is 0.326 e. The Kier molecular flexibility index (Phi) is 9.26. The van der Waals surface area contributed by atoms with E-state index in [4.69, 9.17) is 5.11 Å². The molecule has 2 amide bonds. The van der Waals surface area contributed by atoms with Gasteiger partial charge in [0.25, 0.3) is 0 Å². The van der Waals surface area contributed by atoms with Gasteiger partial charge in [0.05, 0.1) is 0 Å². The molecule has 106 valence electrons. The van der Waals surface area contributed by atoms with Crippen LogP contribution in [0.1, 0.15) is 33.1 Å². The highest BCUT2D eigenvalue weighted by molar-refractivity contribution is 7.84. The van der Waals surface area contributed by atoms with E-state index in [1.807, 2.05) is 6.92 Å². The molecule has 0 fully saturated rings. The SMILES string of the molecule is CCCC[C@H](NC(=O)NCCS(=O)CC)C(=O)O. The summed E-state index contributed by atoms with van der Waals surface area (Å²) in [5.74, 6) is -0.0931. The number of hydrogen-bond acceptors (Lipinski definition) is 3. The van der Waals surface area contributed by atoms with Crippen LogP contribution in [0.15, 0.2) is 0 Å². The fourth-order valence-electron chi connectivity index (χ4n) is 1.30. The van der Waals surface area contributed by atoms with Crippen molar-refractivity contribution in [2.45, 2.75) is 39.2 Å². The number of carboxylic acid groups (broad SMARTS) is 1. The van der Waals surface area contributed by atoms with E-state index in [2.05, 4.69) is 10.6 Å². The number of unbranched alkanes of at least 4 members (excludes halogenated alkanes) is 1. The zero-order valence-electron chi connectivity index (χ0n) is 10.9. The van der Waals surface area contributed by atoms with Crippen LogP contribution < -0.4 is 10.6 Å². The van der Waals surface area contributed by atoms with Crippen LogP contribution in [0.2, 0.25) is 0 Å². The van der Waals surface area contributed by atoms with Gasteiger partial charge in [-0.05, 0) is 6.42 Å². The van der Waals surface area contributed by atoms with E-state index in [0.717, 1.165) is 12.8 Å². The molecule has 0 aromatic carbocycles. The van der Waals surface area contributed by atoms with Crippen LogP contribution >= 0.6 is 0 Å².